The van der Waals surface area contributed by atoms with Gasteiger partial charge in [-0.1, -0.05) is 29.3 Å². The van der Waals surface area contributed by atoms with E-state index in [0.29, 0.717) is 0 Å². The molecule has 1 heteroatoms. The maximum absolute atomic E-state index is 3.09. The zero-order valence-corrected chi connectivity index (χ0v) is 8.61. The maximum Gasteiger partial charge on any atom is 0.0349 e. The molecule has 0 spiro atoms. The van der Waals surface area contributed by atoms with Crippen molar-refractivity contribution in [3.8, 4) is 10.4 Å². The van der Waals surface area contributed by atoms with Gasteiger partial charge in [-0.05, 0) is 36.9 Å². The van der Waals surface area contributed by atoms with Crippen LogP contribution in [-0.2, 0) is 0 Å². The average molecular weight is 187 g/mol. The highest BCUT2D eigenvalue weighted by Gasteiger charge is 1.99. The lowest BCUT2D eigenvalue weighted by Crippen LogP contribution is -1.79. The molecule has 0 N–H and O–H groups in total. The number of benzene rings is 1. The van der Waals surface area contributed by atoms with E-state index < -0.39 is 0 Å². The van der Waals surface area contributed by atoms with E-state index in [1.807, 2.05) is 11.4 Å². The van der Waals surface area contributed by atoms with E-state index >= 15 is 0 Å². The Kier molecular flexibility index (Phi) is 2.19. The Morgan fingerprint density at radius 1 is 1.08 bits per heavy atom. The Morgan fingerprint density at radius 2 is 1.77 bits per heavy atom. The lowest BCUT2D eigenvalue weighted by atomic mass is 10.1. The van der Waals surface area contributed by atoms with E-state index in [1.165, 1.54) is 21.6 Å². The highest BCUT2D eigenvalue weighted by molar-refractivity contribution is 7.13. The highest BCUT2D eigenvalue weighted by Crippen LogP contribution is 2.25. The van der Waals surface area contributed by atoms with Crippen LogP contribution in [0.15, 0.2) is 29.6 Å². The zero-order chi connectivity index (χ0) is 9.26. The van der Waals surface area contributed by atoms with E-state index in [0.717, 1.165) is 0 Å². The second-order valence-electron chi connectivity index (χ2n) is 3.29. The van der Waals surface area contributed by atoms with Gasteiger partial charge in [-0.25, -0.2) is 0 Å². The van der Waals surface area contributed by atoms with Gasteiger partial charge < -0.3 is 0 Å². The molecular formula is C12H11S. The SMILES string of the molecule is Cc1cc(C)cc(-c2c[c]cs2)c1. The molecular weight excluding hydrogens is 176 g/mol. The lowest BCUT2D eigenvalue weighted by Gasteiger charge is -2.01. The van der Waals surface area contributed by atoms with E-state index in [4.69, 9.17) is 0 Å². The first kappa shape index (κ1) is 8.52. The molecule has 0 aliphatic heterocycles. The van der Waals surface area contributed by atoms with E-state index in [-0.39, 0.29) is 0 Å². The summed E-state index contributed by atoms with van der Waals surface area (Å²) in [5.74, 6) is 0. The summed E-state index contributed by atoms with van der Waals surface area (Å²) in [5, 5.41) is 1.99. The molecule has 2 rings (SSSR count). The van der Waals surface area contributed by atoms with E-state index in [9.17, 15) is 0 Å². The van der Waals surface area contributed by atoms with Gasteiger partial charge in [0, 0.05) is 4.88 Å². The van der Waals surface area contributed by atoms with Crippen LogP contribution in [0, 0.1) is 19.9 Å². The molecule has 2 aromatic rings. The second kappa shape index (κ2) is 3.35. The van der Waals surface area contributed by atoms with Crippen molar-refractivity contribution in [1.29, 1.82) is 0 Å². The molecule has 0 aliphatic carbocycles. The van der Waals surface area contributed by atoms with Gasteiger partial charge in [0.15, 0.2) is 0 Å². The summed E-state index contributed by atoms with van der Waals surface area (Å²) in [7, 11) is 0. The third-order valence-corrected chi connectivity index (χ3v) is 2.84. The zero-order valence-electron chi connectivity index (χ0n) is 7.79. The summed E-state index contributed by atoms with van der Waals surface area (Å²) in [6.45, 7) is 4.27. The van der Waals surface area contributed by atoms with Crippen LogP contribution in [0.4, 0.5) is 0 Å². The molecule has 0 saturated carbocycles. The van der Waals surface area contributed by atoms with Gasteiger partial charge >= 0.3 is 0 Å². The van der Waals surface area contributed by atoms with E-state index in [1.54, 1.807) is 11.3 Å². The fraction of sp³-hybridized carbons (Fsp3) is 0.167. The second-order valence-corrected chi connectivity index (χ2v) is 4.20. The van der Waals surface area contributed by atoms with Gasteiger partial charge in [0.2, 0.25) is 0 Å². The molecule has 13 heavy (non-hydrogen) atoms. The molecule has 1 heterocycles. The number of thiophene rings is 1. The van der Waals surface area contributed by atoms with Crippen LogP contribution < -0.4 is 0 Å². The van der Waals surface area contributed by atoms with Crippen LogP contribution in [0.25, 0.3) is 10.4 Å². The molecule has 0 unspecified atom stereocenters. The highest BCUT2D eigenvalue weighted by atomic mass is 32.1. The van der Waals surface area contributed by atoms with Crippen molar-refractivity contribution in [2.45, 2.75) is 13.8 Å². The number of hydrogen-bond donors (Lipinski definition) is 0. The normalized spacial score (nSPS) is 10.3. The Balaban J connectivity index is 2.53. The monoisotopic (exact) mass is 187 g/mol. The first-order chi connectivity index (χ1) is 6.25. The number of aryl methyl sites for hydroxylation is 2. The standard InChI is InChI=1S/C12H11S/c1-9-6-10(2)8-11(7-9)12-4-3-5-13-12/h4-8H,1-2H3. The number of rotatable bonds is 1. The lowest BCUT2D eigenvalue weighted by molar-refractivity contribution is 1.39. The summed E-state index contributed by atoms with van der Waals surface area (Å²) in [6.07, 6.45) is 0. The molecule has 0 aliphatic rings. The van der Waals surface area contributed by atoms with Crippen LogP contribution in [0.2, 0.25) is 0 Å². The summed E-state index contributed by atoms with van der Waals surface area (Å²) < 4.78 is 0. The van der Waals surface area contributed by atoms with Crippen molar-refractivity contribution >= 4 is 11.3 Å². The van der Waals surface area contributed by atoms with Crippen molar-refractivity contribution in [2.24, 2.45) is 0 Å². The molecule has 1 radical (unpaired) electrons. The summed E-state index contributed by atoms with van der Waals surface area (Å²) in [6, 6.07) is 11.8. The van der Waals surface area contributed by atoms with Gasteiger partial charge in [-0.2, -0.15) is 0 Å². The summed E-state index contributed by atoms with van der Waals surface area (Å²) in [4.78, 5) is 1.30. The van der Waals surface area contributed by atoms with Crippen molar-refractivity contribution < 1.29 is 0 Å². The predicted molar refractivity (Wildman–Crippen MR) is 58.1 cm³/mol. The summed E-state index contributed by atoms with van der Waals surface area (Å²) >= 11 is 1.74. The van der Waals surface area contributed by atoms with Crippen LogP contribution in [0.3, 0.4) is 0 Å². The Morgan fingerprint density at radius 3 is 2.31 bits per heavy atom. The largest absolute Gasteiger partial charge is 0.143 e. The van der Waals surface area contributed by atoms with Crippen molar-refractivity contribution in [3.63, 3.8) is 0 Å². The van der Waals surface area contributed by atoms with Crippen molar-refractivity contribution in [3.05, 3.63) is 46.8 Å². The van der Waals surface area contributed by atoms with Crippen LogP contribution >= 0.6 is 11.3 Å². The molecule has 0 bridgehead atoms. The van der Waals surface area contributed by atoms with E-state index in [2.05, 4.69) is 38.1 Å². The molecule has 0 amide bonds. The summed E-state index contributed by atoms with van der Waals surface area (Å²) in [5.41, 5.74) is 3.95. The fourth-order valence-corrected chi connectivity index (χ4v) is 2.16. The molecule has 1 aromatic carbocycles. The van der Waals surface area contributed by atoms with Gasteiger partial charge in [-0.15, -0.1) is 11.3 Å². The van der Waals surface area contributed by atoms with Crippen molar-refractivity contribution in [2.75, 3.05) is 0 Å². The maximum atomic E-state index is 3.09. The Bertz CT molecular complexity index is 379. The topological polar surface area (TPSA) is 0 Å². The number of hydrogen-bond acceptors (Lipinski definition) is 1. The molecule has 0 fully saturated rings. The smallest absolute Gasteiger partial charge is 0.0349 e. The van der Waals surface area contributed by atoms with Crippen LogP contribution in [0.5, 0.6) is 0 Å². The Hall–Kier alpha value is -1.08. The predicted octanol–water partition coefficient (Wildman–Crippen LogP) is 3.83. The first-order valence-corrected chi connectivity index (χ1v) is 5.17. The molecule has 0 atom stereocenters. The first-order valence-electron chi connectivity index (χ1n) is 4.29. The minimum absolute atomic E-state index is 1.30. The van der Waals surface area contributed by atoms with Gasteiger partial charge in [-0.3, -0.25) is 0 Å². The third-order valence-electron chi connectivity index (χ3n) is 1.97. The third kappa shape index (κ3) is 1.81. The Labute approximate surface area is 82.9 Å². The molecule has 65 valence electrons. The molecule has 1 aromatic heterocycles. The van der Waals surface area contributed by atoms with Gasteiger partial charge in [0.25, 0.3) is 0 Å². The average Bonchev–Trinajstić information content (AvgIpc) is 2.53. The van der Waals surface area contributed by atoms with Gasteiger partial charge in [0.05, 0.1) is 0 Å². The van der Waals surface area contributed by atoms with Crippen LogP contribution in [-0.4, -0.2) is 0 Å². The molecule has 0 nitrogen and oxygen atoms in total. The quantitative estimate of drug-likeness (QED) is 0.636. The van der Waals surface area contributed by atoms with Gasteiger partial charge in [0.1, 0.15) is 0 Å². The fourth-order valence-electron chi connectivity index (χ4n) is 1.51. The van der Waals surface area contributed by atoms with Crippen molar-refractivity contribution in [1.82, 2.24) is 0 Å². The minimum atomic E-state index is 1.30. The molecule has 0 saturated heterocycles. The van der Waals surface area contributed by atoms with Crippen LogP contribution in [0.1, 0.15) is 11.1 Å². The minimum Gasteiger partial charge on any atom is -0.143 e.